The van der Waals surface area contributed by atoms with Gasteiger partial charge < -0.3 is 5.73 Å². The maximum Gasteiger partial charge on any atom is 0.0682 e. The molecule has 0 saturated heterocycles. The second-order valence-electron chi connectivity index (χ2n) is 5.04. The summed E-state index contributed by atoms with van der Waals surface area (Å²) in [6.45, 7) is 6.03. The molecule has 0 aliphatic carbocycles. The third-order valence-corrected chi connectivity index (χ3v) is 3.10. The number of benzene rings is 1. The quantitative estimate of drug-likeness (QED) is 0.854. The van der Waals surface area contributed by atoms with Crippen LogP contribution in [0.4, 0.5) is 0 Å². The fourth-order valence-electron chi connectivity index (χ4n) is 1.71. The van der Waals surface area contributed by atoms with E-state index in [0.29, 0.717) is 6.54 Å². The molecule has 2 rings (SSSR count). The number of aryl methyl sites for hydroxylation is 1. The minimum absolute atomic E-state index is 0.188. The molecular formula is C13H19N3. The normalized spacial score (nSPS) is 12.2. The number of rotatable bonds is 4. The van der Waals surface area contributed by atoms with Gasteiger partial charge in [0.05, 0.1) is 11.7 Å². The molecule has 3 heteroatoms. The van der Waals surface area contributed by atoms with E-state index in [1.54, 1.807) is 0 Å². The van der Waals surface area contributed by atoms with E-state index < -0.39 is 0 Å². The predicted octanol–water partition coefficient (Wildman–Crippen LogP) is 2.41. The summed E-state index contributed by atoms with van der Waals surface area (Å²) in [5, 5.41) is 5.61. The van der Waals surface area contributed by atoms with Crippen molar-refractivity contribution in [1.82, 2.24) is 9.78 Å². The Hall–Kier alpha value is -1.35. The van der Waals surface area contributed by atoms with Crippen LogP contribution >= 0.6 is 0 Å². The molecule has 0 atom stereocenters. The molecule has 1 aromatic carbocycles. The van der Waals surface area contributed by atoms with Crippen LogP contribution in [0.15, 0.2) is 30.5 Å². The smallest absolute Gasteiger partial charge is 0.0682 e. The average molecular weight is 217 g/mol. The Morgan fingerprint density at radius 2 is 2.06 bits per heavy atom. The van der Waals surface area contributed by atoms with Gasteiger partial charge >= 0.3 is 0 Å². The zero-order chi connectivity index (χ0) is 11.6. The van der Waals surface area contributed by atoms with E-state index in [-0.39, 0.29) is 5.41 Å². The van der Waals surface area contributed by atoms with Gasteiger partial charge in [0.1, 0.15) is 0 Å². The van der Waals surface area contributed by atoms with Crippen molar-refractivity contribution >= 4 is 10.9 Å². The Labute approximate surface area is 96.2 Å². The summed E-state index contributed by atoms with van der Waals surface area (Å²) in [7, 11) is 0. The molecule has 0 amide bonds. The lowest BCUT2D eigenvalue weighted by Gasteiger charge is -2.22. The first-order chi connectivity index (χ1) is 7.62. The molecule has 0 spiro atoms. The number of hydrogen-bond donors (Lipinski definition) is 1. The van der Waals surface area contributed by atoms with E-state index in [1.807, 2.05) is 12.3 Å². The predicted molar refractivity (Wildman–Crippen MR) is 67.2 cm³/mol. The summed E-state index contributed by atoms with van der Waals surface area (Å²) in [4.78, 5) is 0. The zero-order valence-corrected chi connectivity index (χ0v) is 9.98. The van der Waals surface area contributed by atoms with Gasteiger partial charge in [0.15, 0.2) is 0 Å². The van der Waals surface area contributed by atoms with Gasteiger partial charge in [0.2, 0.25) is 0 Å². The van der Waals surface area contributed by atoms with Crippen molar-refractivity contribution in [3.05, 3.63) is 30.5 Å². The average Bonchev–Trinajstić information content (AvgIpc) is 2.70. The molecule has 2 aromatic rings. The monoisotopic (exact) mass is 217 g/mol. The first kappa shape index (κ1) is 11.1. The lowest BCUT2D eigenvalue weighted by Crippen LogP contribution is -2.25. The van der Waals surface area contributed by atoms with Gasteiger partial charge in [0.25, 0.3) is 0 Å². The number of nitrogens with zero attached hydrogens (tertiary/aromatic N) is 2. The van der Waals surface area contributed by atoms with E-state index >= 15 is 0 Å². The van der Waals surface area contributed by atoms with E-state index in [9.17, 15) is 0 Å². The van der Waals surface area contributed by atoms with E-state index in [2.05, 4.69) is 41.8 Å². The molecule has 1 heterocycles. The Morgan fingerprint density at radius 1 is 1.31 bits per heavy atom. The highest BCUT2D eigenvalue weighted by Gasteiger charge is 2.15. The summed E-state index contributed by atoms with van der Waals surface area (Å²) < 4.78 is 2.06. The summed E-state index contributed by atoms with van der Waals surface area (Å²) >= 11 is 0. The molecule has 2 N–H and O–H groups in total. The second-order valence-corrected chi connectivity index (χ2v) is 5.04. The zero-order valence-electron chi connectivity index (χ0n) is 9.98. The van der Waals surface area contributed by atoms with Crippen molar-refractivity contribution in [2.45, 2.75) is 26.8 Å². The largest absolute Gasteiger partial charge is 0.330 e. The van der Waals surface area contributed by atoms with E-state index in [0.717, 1.165) is 13.0 Å². The molecular weight excluding hydrogens is 198 g/mol. The van der Waals surface area contributed by atoms with Crippen LogP contribution in [-0.2, 0) is 6.54 Å². The van der Waals surface area contributed by atoms with Crippen LogP contribution < -0.4 is 5.73 Å². The van der Waals surface area contributed by atoms with Crippen molar-refractivity contribution in [1.29, 1.82) is 0 Å². The number of para-hydroxylation sites is 1. The molecule has 0 fully saturated rings. The number of aromatic nitrogens is 2. The van der Waals surface area contributed by atoms with Crippen LogP contribution in [0.2, 0.25) is 0 Å². The Bertz CT molecular complexity index is 471. The Morgan fingerprint density at radius 3 is 2.81 bits per heavy atom. The molecule has 0 aliphatic rings. The van der Waals surface area contributed by atoms with Gasteiger partial charge in [-0.05, 0) is 24.4 Å². The summed E-state index contributed by atoms with van der Waals surface area (Å²) in [5.41, 5.74) is 7.12. The highest BCUT2D eigenvalue weighted by Crippen LogP contribution is 2.20. The standard InChI is InChI=1S/C13H19N3/c1-13(2,10-14)7-8-16-12-6-4-3-5-11(12)9-15-16/h3-6,9H,7-8,10,14H2,1-2H3. The van der Waals surface area contributed by atoms with Crippen LogP contribution in [0, 0.1) is 5.41 Å². The van der Waals surface area contributed by atoms with Crippen molar-refractivity contribution in [2.24, 2.45) is 11.1 Å². The van der Waals surface area contributed by atoms with Crippen LogP contribution in [0.3, 0.4) is 0 Å². The SMILES string of the molecule is CC(C)(CN)CCn1ncc2ccccc21. The highest BCUT2D eigenvalue weighted by atomic mass is 15.3. The summed E-state index contributed by atoms with van der Waals surface area (Å²) in [5.74, 6) is 0. The van der Waals surface area contributed by atoms with Crippen molar-refractivity contribution in [3.63, 3.8) is 0 Å². The van der Waals surface area contributed by atoms with Gasteiger partial charge in [-0.2, -0.15) is 5.10 Å². The first-order valence-electron chi connectivity index (χ1n) is 5.73. The van der Waals surface area contributed by atoms with Gasteiger partial charge in [-0.15, -0.1) is 0 Å². The summed E-state index contributed by atoms with van der Waals surface area (Å²) in [6.07, 6.45) is 2.97. The minimum atomic E-state index is 0.188. The molecule has 0 radical (unpaired) electrons. The van der Waals surface area contributed by atoms with E-state index in [4.69, 9.17) is 5.73 Å². The lowest BCUT2D eigenvalue weighted by molar-refractivity contribution is 0.319. The van der Waals surface area contributed by atoms with Crippen LogP contribution in [0.1, 0.15) is 20.3 Å². The molecule has 0 saturated carbocycles. The molecule has 86 valence electrons. The van der Waals surface area contributed by atoms with Crippen LogP contribution in [-0.4, -0.2) is 16.3 Å². The topological polar surface area (TPSA) is 43.8 Å². The lowest BCUT2D eigenvalue weighted by atomic mass is 9.90. The van der Waals surface area contributed by atoms with Crippen molar-refractivity contribution in [2.75, 3.05) is 6.54 Å². The maximum atomic E-state index is 5.73. The highest BCUT2D eigenvalue weighted by molar-refractivity contribution is 5.78. The van der Waals surface area contributed by atoms with Crippen LogP contribution in [0.5, 0.6) is 0 Å². The third-order valence-electron chi connectivity index (χ3n) is 3.10. The second kappa shape index (κ2) is 4.26. The molecule has 3 nitrogen and oxygen atoms in total. The fraction of sp³-hybridized carbons (Fsp3) is 0.462. The molecule has 1 aromatic heterocycles. The molecule has 16 heavy (non-hydrogen) atoms. The van der Waals surface area contributed by atoms with E-state index in [1.165, 1.54) is 10.9 Å². The van der Waals surface area contributed by atoms with Gasteiger partial charge in [0, 0.05) is 11.9 Å². The van der Waals surface area contributed by atoms with Gasteiger partial charge in [-0.25, -0.2) is 0 Å². The van der Waals surface area contributed by atoms with Gasteiger partial charge in [-0.3, -0.25) is 4.68 Å². The first-order valence-corrected chi connectivity index (χ1v) is 5.73. The third kappa shape index (κ3) is 2.25. The summed E-state index contributed by atoms with van der Waals surface area (Å²) in [6, 6.07) is 8.29. The fourth-order valence-corrected chi connectivity index (χ4v) is 1.71. The number of fused-ring (bicyclic) bond motifs is 1. The van der Waals surface area contributed by atoms with Gasteiger partial charge in [-0.1, -0.05) is 32.0 Å². The molecule has 0 unspecified atom stereocenters. The van der Waals surface area contributed by atoms with Crippen molar-refractivity contribution in [3.8, 4) is 0 Å². The number of nitrogens with two attached hydrogens (primary N) is 1. The Balaban J connectivity index is 2.16. The molecule has 0 aliphatic heterocycles. The van der Waals surface area contributed by atoms with Crippen LogP contribution in [0.25, 0.3) is 10.9 Å². The number of hydrogen-bond acceptors (Lipinski definition) is 2. The molecule has 0 bridgehead atoms. The maximum absolute atomic E-state index is 5.73. The Kier molecular flexibility index (Phi) is 2.97. The minimum Gasteiger partial charge on any atom is -0.330 e. The van der Waals surface area contributed by atoms with Crippen molar-refractivity contribution < 1.29 is 0 Å².